The van der Waals surface area contributed by atoms with E-state index in [4.69, 9.17) is 20.9 Å². The molecule has 0 amide bonds. The largest absolute Gasteiger partial charge is 0.496 e. The quantitative estimate of drug-likeness (QED) is 0.802. The summed E-state index contributed by atoms with van der Waals surface area (Å²) in [7, 11) is 3.31. The average molecular weight is 399 g/mol. The minimum absolute atomic E-state index is 0.0116. The van der Waals surface area contributed by atoms with Gasteiger partial charge in [0.25, 0.3) is 5.56 Å². The predicted molar refractivity (Wildman–Crippen MR) is 113 cm³/mol. The number of nitrogens with zero attached hydrogens (tertiary/aromatic N) is 3. The van der Waals surface area contributed by atoms with Crippen molar-refractivity contribution in [3.05, 3.63) is 34.6 Å². The normalized spacial score (nSPS) is 23.5. The highest BCUT2D eigenvalue weighted by atomic mass is 16.5. The molecule has 4 N–H and O–H groups in total. The molecule has 0 aliphatic carbocycles. The second kappa shape index (κ2) is 7.35. The third-order valence-electron chi connectivity index (χ3n) is 6.56. The average Bonchev–Trinajstić information content (AvgIpc) is 3.00. The predicted octanol–water partition coefficient (Wildman–Crippen LogP) is 1.37. The van der Waals surface area contributed by atoms with E-state index < -0.39 is 0 Å². The molecule has 8 heteroatoms. The van der Waals surface area contributed by atoms with E-state index in [0.29, 0.717) is 29.4 Å². The van der Waals surface area contributed by atoms with Crippen LogP contribution in [0.1, 0.15) is 19.8 Å². The molecule has 0 bridgehead atoms. The minimum Gasteiger partial charge on any atom is -0.496 e. The molecule has 29 heavy (non-hydrogen) atoms. The van der Waals surface area contributed by atoms with Crippen LogP contribution in [0.3, 0.4) is 0 Å². The van der Waals surface area contributed by atoms with E-state index in [1.54, 1.807) is 24.8 Å². The van der Waals surface area contributed by atoms with Gasteiger partial charge in [-0.2, -0.15) is 4.98 Å². The van der Waals surface area contributed by atoms with E-state index in [2.05, 4.69) is 9.88 Å². The SMILES string of the molecule is COc1ccccc1-c1c(N)nc(N2CCC3(CC2)CO[C@@H](C)[C@H]3N)n(C)c1=O. The van der Waals surface area contributed by atoms with Crippen LogP contribution in [0.5, 0.6) is 5.75 Å². The molecule has 2 atom stereocenters. The van der Waals surface area contributed by atoms with Crippen LogP contribution in [-0.4, -0.2) is 48.5 Å². The van der Waals surface area contributed by atoms with Crippen LogP contribution in [0, 0.1) is 5.41 Å². The maximum atomic E-state index is 13.2. The van der Waals surface area contributed by atoms with Crippen molar-refractivity contribution in [2.75, 3.05) is 37.4 Å². The molecule has 4 rings (SSSR count). The van der Waals surface area contributed by atoms with E-state index in [9.17, 15) is 4.79 Å². The molecule has 0 saturated carbocycles. The molecule has 2 fully saturated rings. The standard InChI is InChI=1S/C21H29N5O3/c1-13-17(22)21(12-29-13)8-10-26(11-9-21)20-24-18(23)16(19(27)25(20)2)14-6-4-5-7-15(14)28-3/h4-7,13,17H,8-12,22-23H2,1-3H3/t13-,17+/m0/s1. The van der Waals surface area contributed by atoms with E-state index in [1.165, 1.54) is 0 Å². The van der Waals surface area contributed by atoms with Gasteiger partial charge in [-0.25, -0.2) is 0 Å². The van der Waals surface area contributed by atoms with Gasteiger partial charge in [0.2, 0.25) is 5.95 Å². The van der Waals surface area contributed by atoms with E-state index in [-0.39, 0.29) is 28.9 Å². The number of anilines is 2. The summed E-state index contributed by atoms with van der Waals surface area (Å²) in [4.78, 5) is 19.9. The zero-order chi connectivity index (χ0) is 20.8. The lowest BCUT2D eigenvalue weighted by molar-refractivity contribution is 0.0973. The van der Waals surface area contributed by atoms with Crippen molar-refractivity contribution in [1.82, 2.24) is 9.55 Å². The smallest absolute Gasteiger partial charge is 0.264 e. The number of piperidine rings is 1. The first-order valence-corrected chi connectivity index (χ1v) is 10.00. The molecule has 3 heterocycles. The number of aromatic nitrogens is 2. The molecule has 0 unspecified atom stereocenters. The number of nitrogens with two attached hydrogens (primary N) is 2. The molecule has 2 aliphatic rings. The molecule has 156 valence electrons. The van der Waals surface area contributed by atoms with E-state index >= 15 is 0 Å². The van der Waals surface area contributed by atoms with Crippen molar-refractivity contribution in [3.8, 4) is 16.9 Å². The van der Waals surface area contributed by atoms with Gasteiger partial charge in [-0.15, -0.1) is 0 Å². The lowest BCUT2D eigenvalue weighted by Crippen LogP contribution is -2.51. The first-order valence-electron chi connectivity index (χ1n) is 10.00. The Hall–Kier alpha value is -2.58. The van der Waals surface area contributed by atoms with Crippen molar-refractivity contribution in [3.63, 3.8) is 0 Å². The summed E-state index contributed by atoms with van der Waals surface area (Å²) < 4.78 is 12.8. The Morgan fingerprint density at radius 2 is 1.97 bits per heavy atom. The molecular formula is C21H29N5O3. The number of rotatable bonds is 3. The van der Waals surface area contributed by atoms with Gasteiger partial charge in [-0.3, -0.25) is 9.36 Å². The molecule has 1 aromatic carbocycles. The summed E-state index contributed by atoms with van der Waals surface area (Å²) in [5.41, 5.74) is 13.5. The summed E-state index contributed by atoms with van der Waals surface area (Å²) in [6.07, 6.45) is 1.89. The van der Waals surface area contributed by atoms with Crippen LogP contribution >= 0.6 is 0 Å². The van der Waals surface area contributed by atoms with Crippen molar-refractivity contribution in [2.45, 2.75) is 31.9 Å². The molecular weight excluding hydrogens is 370 g/mol. The van der Waals surface area contributed by atoms with Gasteiger partial charge in [0, 0.05) is 37.2 Å². The highest BCUT2D eigenvalue weighted by molar-refractivity contribution is 5.78. The minimum atomic E-state index is -0.188. The van der Waals surface area contributed by atoms with Crippen molar-refractivity contribution in [1.29, 1.82) is 0 Å². The number of benzene rings is 1. The second-order valence-electron chi connectivity index (χ2n) is 8.13. The molecule has 1 aromatic heterocycles. The lowest BCUT2D eigenvalue weighted by Gasteiger charge is -2.41. The first-order chi connectivity index (χ1) is 13.9. The number of hydrogen-bond donors (Lipinski definition) is 2. The number of methoxy groups -OCH3 is 1. The van der Waals surface area contributed by atoms with Crippen LogP contribution in [0.4, 0.5) is 11.8 Å². The second-order valence-corrected chi connectivity index (χ2v) is 8.13. The summed E-state index contributed by atoms with van der Waals surface area (Å²) in [5.74, 6) is 1.39. The Balaban J connectivity index is 1.65. The zero-order valence-corrected chi connectivity index (χ0v) is 17.2. The summed E-state index contributed by atoms with van der Waals surface area (Å²) in [6.45, 7) is 4.26. The number of hydrogen-bond acceptors (Lipinski definition) is 7. The van der Waals surface area contributed by atoms with Gasteiger partial charge in [0.05, 0.1) is 25.4 Å². The Morgan fingerprint density at radius 3 is 2.59 bits per heavy atom. The van der Waals surface area contributed by atoms with Crippen molar-refractivity contribution >= 4 is 11.8 Å². The highest BCUT2D eigenvalue weighted by Crippen LogP contribution is 2.42. The van der Waals surface area contributed by atoms with Gasteiger partial charge in [0.15, 0.2) is 0 Å². The van der Waals surface area contributed by atoms with Crippen LogP contribution in [0.2, 0.25) is 0 Å². The Kier molecular flexibility index (Phi) is 5.00. The summed E-state index contributed by atoms with van der Waals surface area (Å²) in [6, 6.07) is 7.37. The van der Waals surface area contributed by atoms with Crippen molar-refractivity contribution in [2.24, 2.45) is 18.2 Å². The van der Waals surface area contributed by atoms with E-state index in [1.807, 2.05) is 25.1 Å². The van der Waals surface area contributed by atoms with Gasteiger partial charge in [-0.05, 0) is 25.8 Å². The fourth-order valence-corrected chi connectivity index (χ4v) is 4.62. The monoisotopic (exact) mass is 399 g/mol. The molecule has 2 saturated heterocycles. The Labute approximate surface area is 170 Å². The topological polar surface area (TPSA) is 109 Å². The van der Waals surface area contributed by atoms with Gasteiger partial charge < -0.3 is 25.8 Å². The van der Waals surface area contributed by atoms with Crippen LogP contribution in [0.15, 0.2) is 29.1 Å². The highest BCUT2D eigenvalue weighted by Gasteiger charge is 2.47. The van der Waals surface area contributed by atoms with Crippen molar-refractivity contribution < 1.29 is 9.47 Å². The number of ether oxygens (including phenoxy) is 2. The third-order valence-corrected chi connectivity index (χ3v) is 6.56. The molecule has 8 nitrogen and oxygen atoms in total. The van der Waals surface area contributed by atoms with Crippen LogP contribution in [-0.2, 0) is 11.8 Å². The maximum Gasteiger partial charge on any atom is 0.264 e. The number of para-hydroxylation sites is 1. The zero-order valence-electron chi connectivity index (χ0n) is 17.2. The maximum absolute atomic E-state index is 13.2. The van der Waals surface area contributed by atoms with Gasteiger partial charge in [0.1, 0.15) is 11.6 Å². The Morgan fingerprint density at radius 1 is 1.28 bits per heavy atom. The summed E-state index contributed by atoms with van der Waals surface area (Å²) >= 11 is 0. The molecule has 2 aliphatic heterocycles. The third kappa shape index (κ3) is 3.16. The summed E-state index contributed by atoms with van der Waals surface area (Å²) in [5, 5.41) is 0. The first kappa shape index (κ1) is 19.7. The van der Waals surface area contributed by atoms with Crippen LogP contribution in [0.25, 0.3) is 11.1 Å². The number of nitrogen functional groups attached to an aromatic ring is 1. The molecule has 2 aromatic rings. The lowest BCUT2D eigenvalue weighted by atomic mass is 9.73. The van der Waals surface area contributed by atoms with Gasteiger partial charge in [-0.1, -0.05) is 18.2 Å². The van der Waals surface area contributed by atoms with Crippen LogP contribution < -0.4 is 26.7 Å². The molecule has 1 spiro atoms. The fourth-order valence-electron chi connectivity index (χ4n) is 4.62. The fraction of sp³-hybridized carbons (Fsp3) is 0.524. The molecule has 0 radical (unpaired) electrons. The van der Waals surface area contributed by atoms with Gasteiger partial charge >= 0.3 is 0 Å². The van der Waals surface area contributed by atoms with E-state index in [0.717, 1.165) is 25.9 Å². The Bertz CT molecular complexity index is 965.